The number of urea groups is 1. The molecule has 102 valence electrons. The number of aryl methyl sites for hydroxylation is 1. The molecule has 5 heteroatoms. The fraction of sp³-hybridized carbons (Fsp3) is 0.0625. The molecule has 2 amide bonds. The second-order valence-corrected chi connectivity index (χ2v) is 4.38. The summed E-state index contributed by atoms with van der Waals surface area (Å²) in [5.74, 6) is 0. The van der Waals surface area contributed by atoms with Crippen LogP contribution in [-0.4, -0.2) is 6.03 Å². The van der Waals surface area contributed by atoms with Crippen LogP contribution >= 0.6 is 0 Å². The van der Waals surface area contributed by atoms with Crippen molar-refractivity contribution in [3.8, 4) is 12.1 Å². The predicted octanol–water partition coefficient (Wildman–Crippen LogP) is 3.38. The zero-order valence-electron chi connectivity index (χ0n) is 11.3. The van der Waals surface area contributed by atoms with Gasteiger partial charge in [0, 0.05) is 5.69 Å². The molecular weight excluding hydrogens is 264 g/mol. The number of nitrogens with zero attached hydrogens (tertiary/aromatic N) is 2. The second kappa shape index (κ2) is 6.23. The first kappa shape index (κ1) is 14.1. The molecule has 0 aromatic heterocycles. The van der Waals surface area contributed by atoms with Gasteiger partial charge in [0.1, 0.15) is 6.07 Å². The lowest BCUT2D eigenvalue weighted by molar-refractivity contribution is 0.262. The highest BCUT2D eigenvalue weighted by Gasteiger charge is 2.08. The zero-order valence-corrected chi connectivity index (χ0v) is 11.3. The minimum Gasteiger partial charge on any atom is -0.308 e. The average molecular weight is 276 g/mol. The lowest BCUT2D eigenvalue weighted by Gasteiger charge is -2.10. The summed E-state index contributed by atoms with van der Waals surface area (Å²) in [7, 11) is 0. The van der Waals surface area contributed by atoms with E-state index in [0.717, 1.165) is 5.56 Å². The van der Waals surface area contributed by atoms with Gasteiger partial charge >= 0.3 is 6.03 Å². The van der Waals surface area contributed by atoms with Crippen molar-refractivity contribution >= 4 is 17.4 Å². The van der Waals surface area contributed by atoms with Crippen molar-refractivity contribution in [1.29, 1.82) is 10.5 Å². The van der Waals surface area contributed by atoms with Crippen LogP contribution in [0.1, 0.15) is 16.7 Å². The van der Waals surface area contributed by atoms with Crippen LogP contribution in [0.25, 0.3) is 0 Å². The molecule has 21 heavy (non-hydrogen) atoms. The molecule has 0 atom stereocenters. The van der Waals surface area contributed by atoms with Crippen LogP contribution in [0.4, 0.5) is 16.2 Å². The number of rotatable bonds is 2. The van der Waals surface area contributed by atoms with E-state index in [-0.39, 0.29) is 0 Å². The van der Waals surface area contributed by atoms with Gasteiger partial charge in [-0.2, -0.15) is 10.5 Å². The van der Waals surface area contributed by atoms with Crippen LogP contribution in [-0.2, 0) is 0 Å². The molecular formula is C16H12N4O. The Balaban J connectivity index is 2.10. The van der Waals surface area contributed by atoms with Crippen LogP contribution in [0.2, 0.25) is 0 Å². The van der Waals surface area contributed by atoms with Gasteiger partial charge in [0.2, 0.25) is 0 Å². The quantitative estimate of drug-likeness (QED) is 0.881. The molecule has 5 nitrogen and oxygen atoms in total. The van der Waals surface area contributed by atoms with E-state index < -0.39 is 6.03 Å². The Labute approximate surface area is 122 Å². The highest BCUT2D eigenvalue weighted by molar-refractivity contribution is 6.00. The van der Waals surface area contributed by atoms with E-state index in [1.807, 2.05) is 19.1 Å². The minimum absolute atomic E-state index is 0.437. The van der Waals surface area contributed by atoms with Crippen LogP contribution in [0.15, 0.2) is 42.5 Å². The maximum absolute atomic E-state index is 11.9. The fourth-order valence-corrected chi connectivity index (χ4v) is 1.83. The maximum atomic E-state index is 11.9. The Hall–Kier alpha value is -3.31. The third-order valence-corrected chi connectivity index (χ3v) is 2.90. The van der Waals surface area contributed by atoms with Crippen LogP contribution in [0, 0.1) is 29.6 Å². The second-order valence-electron chi connectivity index (χ2n) is 4.38. The number of carbonyl (C=O) groups excluding carboxylic acids is 1. The van der Waals surface area contributed by atoms with Gasteiger partial charge in [-0.15, -0.1) is 0 Å². The van der Waals surface area contributed by atoms with Crippen LogP contribution < -0.4 is 10.6 Å². The van der Waals surface area contributed by atoms with Crippen LogP contribution in [0.3, 0.4) is 0 Å². The summed E-state index contributed by atoms with van der Waals surface area (Å²) in [5.41, 5.74) is 2.79. The number of nitriles is 2. The first-order chi connectivity index (χ1) is 10.1. The summed E-state index contributed by atoms with van der Waals surface area (Å²) < 4.78 is 0. The molecule has 0 fully saturated rings. The van der Waals surface area contributed by atoms with E-state index >= 15 is 0 Å². The Bertz CT molecular complexity index is 751. The molecule has 0 saturated carbocycles. The van der Waals surface area contributed by atoms with E-state index in [1.54, 1.807) is 36.4 Å². The van der Waals surface area contributed by atoms with Crippen molar-refractivity contribution in [3.63, 3.8) is 0 Å². The maximum Gasteiger partial charge on any atom is 0.323 e. The molecule has 0 bridgehead atoms. The zero-order chi connectivity index (χ0) is 15.2. The molecule has 0 radical (unpaired) electrons. The molecule has 0 heterocycles. The normalized spacial score (nSPS) is 9.29. The van der Waals surface area contributed by atoms with Gasteiger partial charge in [0.25, 0.3) is 0 Å². The van der Waals surface area contributed by atoms with Gasteiger partial charge in [0.05, 0.1) is 22.9 Å². The number of nitrogens with one attached hydrogen (secondary N) is 2. The molecule has 0 unspecified atom stereocenters. The lowest BCUT2D eigenvalue weighted by Crippen LogP contribution is -2.20. The molecule has 0 aliphatic heterocycles. The largest absolute Gasteiger partial charge is 0.323 e. The third kappa shape index (κ3) is 3.37. The van der Waals surface area contributed by atoms with Crippen molar-refractivity contribution in [3.05, 3.63) is 59.2 Å². The van der Waals surface area contributed by atoms with E-state index in [4.69, 9.17) is 10.5 Å². The van der Waals surface area contributed by atoms with Gasteiger partial charge in [0.15, 0.2) is 0 Å². The first-order valence-corrected chi connectivity index (χ1v) is 6.22. The Kier molecular flexibility index (Phi) is 4.18. The van der Waals surface area contributed by atoms with E-state index in [9.17, 15) is 4.79 Å². The number of hydrogen-bond donors (Lipinski definition) is 2. The summed E-state index contributed by atoms with van der Waals surface area (Å²) in [6.07, 6.45) is 0. The van der Waals surface area contributed by atoms with Gasteiger partial charge in [-0.05, 0) is 42.8 Å². The van der Waals surface area contributed by atoms with Gasteiger partial charge in [-0.3, -0.25) is 0 Å². The summed E-state index contributed by atoms with van der Waals surface area (Å²) in [6.45, 7) is 1.81. The molecule has 2 aromatic carbocycles. The van der Waals surface area contributed by atoms with Crippen molar-refractivity contribution in [2.45, 2.75) is 6.92 Å². The number of hydrogen-bond acceptors (Lipinski definition) is 3. The van der Waals surface area contributed by atoms with E-state index in [1.165, 1.54) is 0 Å². The predicted molar refractivity (Wildman–Crippen MR) is 79.7 cm³/mol. The van der Waals surface area contributed by atoms with Crippen molar-refractivity contribution < 1.29 is 4.79 Å². The molecule has 2 rings (SSSR count). The van der Waals surface area contributed by atoms with Crippen molar-refractivity contribution in [2.75, 3.05) is 10.6 Å². The smallest absolute Gasteiger partial charge is 0.308 e. The molecule has 0 aliphatic carbocycles. The first-order valence-electron chi connectivity index (χ1n) is 6.22. The highest BCUT2D eigenvalue weighted by Crippen LogP contribution is 2.18. The molecule has 2 aromatic rings. The van der Waals surface area contributed by atoms with Gasteiger partial charge in [-0.1, -0.05) is 12.1 Å². The van der Waals surface area contributed by atoms with Crippen LogP contribution in [0.5, 0.6) is 0 Å². The number of anilines is 2. The lowest BCUT2D eigenvalue weighted by atomic mass is 10.1. The third-order valence-electron chi connectivity index (χ3n) is 2.90. The fourth-order valence-electron chi connectivity index (χ4n) is 1.83. The molecule has 0 saturated heterocycles. The minimum atomic E-state index is -0.443. The van der Waals surface area contributed by atoms with E-state index in [2.05, 4.69) is 16.7 Å². The van der Waals surface area contributed by atoms with E-state index in [0.29, 0.717) is 22.5 Å². The number of amides is 2. The Morgan fingerprint density at radius 1 is 1.00 bits per heavy atom. The summed E-state index contributed by atoms with van der Waals surface area (Å²) in [4.78, 5) is 11.9. The standard InChI is InChI=1S/C16H12N4O/c1-11-3-2-4-15(14(11)10-18)20-16(21)19-13-7-5-12(9-17)6-8-13/h2-8H,1H3,(H2,19,20,21). The number of carbonyl (C=O) groups is 1. The molecule has 2 N–H and O–H groups in total. The molecule has 0 aliphatic rings. The Morgan fingerprint density at radius 2 is 1.71 bits per heavy atom. The molecule has 0 spiro atoms. The van der Waals surface area contributed by atoms with Gasteiger partial charge in [-0.25, -0.2) is 4.79 Å². The van der Waals surface area contributed by atoms with Gasteiger partial charge < -0.3 is 10.6 Å². The summed E-state index contributed by atoms with van der Waals surface area (Å²) >= 11 is 0. The summed E-state index contributed by atoms with van der Waals surface area (Å²) in [6, 6.07) is 15.4. The SMILES string of the molecule is Cc1cccc(NC(=O)Nc2ccc(C#N)cc2)c1C#N. The van der Waals surface area contributed by atoms with Crippen molar-refractivity contribution in [2.24, 2.45) is 0 Å². The Morgan fingerprint density at radius 3 is 2.33 bits per heavy atom. The van der Waals surface area contributed by atoms with Crippen molar-refractivity contribution in [1.82, 2.24) is 0 Å². The average Bonchev–Trinajstić information content (AvgIpc) is 2.48. The summed E-state index contributed by atoms with van der Waals surface area (Å²) in [5, 5.41) is 23.1. The highest BCUT2D eigenvalue weighted by atomic mass is 16.2. The number of benzene rings is 2. The monoisotopic (exact) mass is 276 g/mol. The topological polar surface area (TPSA) is 88.7 Å².